The molecule has 0 aliphatic heterocycles. The van der Waals surface area contributed by atoms with Crippen LogP contribution >= 0.6 is 17.3 Å². The molecule has 0 aliphatic carbocycles. The van der Waals surface area contributed by atoms with Crippen molar-refractivity contribution in [2.45, 2.75) is 6.16 Å². The van der Waals surface area contributed by atoms with E-state index in [1.54, 1.807) is 0 Å². The molecule has 102 valence electrons. The molecule has 0 saturated heterocycles. The van der Waals surface area contributed by atoms with Crippen LogP contribution in [0.5, 0.6) is 0 Å². The molecular weight excluding hydrogens is 273 g/mol. The van der Waals surface area contributed by atoms with Crippen LogP contribution in [0.4, 0.5) is 0 Å². The van der Waals surface area contributed by atoms with Gasteiger partial charge in [0.2, 0.25) is 0 Å². The number of hydrogen-bond donors (Lipinski definition) is 0. The molecule has 3 heteroatoms. The van der Waals surface area contributed by atoms with Crippen LogP contribution in [0.15, 0.2) is 60.7 Å². The van der Waals surface area contributed by atoms with Crippen LogP contribution in [-0.2, 0) is 6.16 Å². The summed E-state index contributed by atoms with van der Waals surface area (Å²) >= 11 is 7.25. The van der Waals surface area contributed by atoms with Gasteiger partial charge < -0.3 is 0 Å². The Morgan fingerprint density at radius 3 is 1.84 bits per heavy atom. The molecule has 0 saturated carbocycles. The Morgan fingerprint density at radius 1 is 0.895 bits per heavy atom. The van der Waals surface area contributed by atoms with Crippen molar-refractivity contribution in [3.63, 3.8) is 0 Å². The zero-order chi connectivity index (χ0) is 14.0. The maximum absolute atomic E-state index is 7.25. The fraction of sp³-hybridized carbons (Fsp3) is 0.250. The average molecular weight is 294 g/mol. The van der Waals surface area contributed by atoms with Crippen molar-refractivity contribution < 1.29 is 0 Å². The zero-order valence-electron chi connectivity index (χ0n) is 11.8. The van der Waals surface area contributed by atoms with Crippen molar-refractivity contribution in [1.82, 2.24) is 4.67 Å². The molecule has 0 bridgehead atoms. The third-order valence-electron chi connectivity index (χ3n) is 3.84. The number of halogens is 1. The van der Waals surface area contributed by atoms with E-state index >= 15 is 0 Å². The Bertz CT molecular complexity index is 537. The molecule has 0 atom stereocenters. The van der Waals surface area contributed by atoms with Crippen LogP contribution in [0.2, 0.25) is 0 Å². The maximum atomic E-state index is 7.25. The average Bonchev–Trinajstić information content (AvgIpc) is 2.40. The van der Waals surface area contributed by atoms with Crippen molar-refractivity contribution in [3.8, 4) is 0 Å². The number of hydrogen-bond acceptors (Lipinski definition) is 1. The summed E-state index contributed by atoms with van der Waals surface area (Å²) in [6.07, 6.45) is -1.74. The minimum absolute atomic E-state index is 0.880. The predicted molar refractivity (Wildman–Crippen MR) is 88.6 cm³/mol. The Hall–Kier alpha value is -0.880. The Balaban J connectivity index is 2.49. The van der Waals surface area contributed by atoms with E-state index in [1.165, 1.54) is 10.9 Å². The summed E-state index contributed by atoms with van der Waals surface area (Å²) in [5, 5.41) is 1.24. The molecule has 0 radical (unpaired) electrons. The summed E-state index contributed by atoms with van der Waals surface area (Å²) in [7, 11) is 4.17. The minimum atomic E-state index is -2.62. The second-order valence-electron chi connectivity index (χ2n) is 5.41. The van der Waals surface area contributed by atoms with E-state index in [1.807, 2.05) is 12.1 Å². The summed E-state index contributed by atoms with van der Waals surface area (Å²) in [5.41, 5.74) is 1.29. The molecule has 0 fully saturated rings. The number of rotatable bonds is 4. The third kappa shape index (κ3) is 2.84. The standard InChI is InChI=1S/C16H21ClNP/c1-18(2)19(3,17,16-12-8-5-9-13-16)14-15-10-6-4-7-11-15/h4-13H,14H2,1-3H3. The van der Waals surface area contributed by atoms with Gasteiger partial charge in [-0.1, -0.05) is 0 Å². The van der Waals surface area contributed by atoms with Crippen LogP contribution in [0.25, 0.3) is 0 Å². The topological polar surface area (TPSA) is 3.24 Å². The zero-order valence-corrected chi connectivity index (χ0v) is 13.4. The van der Waals surface area contributed by atoms with Gasteiger partial charge in [-0.2, -0.15) is 0 Å². The van der Waals surface area contributed by atoms with Gasteiger partial charge in [-0.25, -0.2) is 0 Å². The van der Waals surface area contributed by atoms with Crippen molar-refractivity contribution in [1.29, 1.82) is 0 Å². The van der Waals surface area contributed by atoms with E-state index in [9.17, 15) is 0 Å². The van der Waals surface area contributed by atoms with E-state index in [2.05, 4.69) is 74.0 Å². The van der Waals surface area contributed by atoms with Crippen LogP contribution in [0.1, 0.15) is 5.56 Å². The molecule has 0 heterocycles. The molecule has 2 rings (SSSR count). The Labute approximate surface area is 121 Å². The summed E-state index contributed by atoms with van der Waals surface area (Å²) in [4.78, 5) is 0. The summed E-state index contributed by atoms with van der Waals surface area (Å²) in [6.45, 7) is 2.22. The van der Waals surface area contributed by atoms with Crippen LogP contribution in [-0.4, -0.2) is 25.4 Å². The first-order chi connectivity index (χ1) is 8.92. The van der Waals surface area contributed by atoms with Gasteiger partial charge in [0, 0.05) is 0 Å². The first kappa shape index (κ1) is 14.5. The van der Waals surface area contributed by atoms with Crippen LogP contribution in [0.3, 0.4) is 0 Å². The molecule has 0 spiro atoms. The first-order valence-electron chi connectivity index (χ1n) is 6.43. The van der Waals surface area contributed by atoms with Gasteiger partial charge >= 0.3 is 120 Å². The fourth-order valence-electron chi connectivity index (χ4n) is 2.28. The normalized spacial score (nSPS) is 14.1. The van der Waals surface area contributed by atoms with E-state index < -0.39 is 6.11 Å². The summed E-state index contributed by atoms with van der Waals surface area (Å²) in [6, 6.07) is 21.0. The second kappa shape index (κ2) is 5.25. The van der Waals surface area contributed by atoms with Gasteiger partial charge in [-0.15, -0.1) is 0 Å². The molecule has 19 heavy (non-hydrogen) atoms. The van der Waals surface area contributed by atoms with Crippen LogP contribution in [0, 0.1) is 0 Å². The molecule has 0 N–H and O–H groups in total. The first-order valence-corrected chi connectivity index (χ1v) is 10.2. The van der Waals surface area contributed by atoms with E-state index in [0.717, 1.165) is 6.16 Å². The summed E-state index contributed by atoms with van der Waals surface area (Å²) in [5.74, 6) is 0. The van der Waals surface area contributed by atoms with Gasteiger partial charge in [0.25, 0.3) is 0 Å². The van der Waals surface area contributed by atoms with Gasteiger partial charge in [0.05, 0.1) is 0 Å². The molecule has 0 aromatic heterocycles. The number of nitrogens with zero attached hydrogens (tertiary/aromatic N) is 1. The van der Waals surface area contributed by atoms with Crippen LogP contribution < -0.4 is 5.30 Å². The predicted octanol–water partition coefficient (Wildman–Crippen LogP) is 4.33. The molecule has 0 amide bonds. The van der Waals surface area contributed by atoms with Gasteiger partial charge in [-0.05, 0) is 0 Å². The van der Waals surface area contributed by atoms with Crippen molar-refractivity contribution in [2.75, 3.05) is 20.8 Å². The molecule has 0 aliphatic rings. The molecule has 2 aromatic rings. The molecule has 0 unspecified atom stereocenters. The number of benzene rings is 2. The van der Waals surface area contributed by atoms with Gasteiger partial charge in [0.1, 0.15) is 0 Å². The van der Waals surface area contributed by atoms with Gasteiger partial charge in [-0.3, -0.25) is 0 Å². The quantitative estimate of drug-likeness (QED) is 0.759. The molecular formula is C16H21ClNP. The van der Waals surface area contributed by atoms with E-state index in [-0.39, 0.29) is 0 Å². The monoisotopic (exact) mass is 293 g/mol. The molecule has 1 nitrogen and oxygen atoms in total. The summed E-state index contributed by atoms with van der Waals surface area (Å²) < 4.78 is 2.22. The molecule has 2 aromatic carbocycles. The Morgan fingerprint density at radius 2 is 1.37 bits per heavy atom. The third-order valence-corrected chi connectivity index (χ3v) is 10.5. The van der Waals surface area contributed by atoms with Gasteiger partial charge in [0.15, 0.2) is 0 Å². The van der Waals surface area contributed by atoms with Crippen molar-refractivity contribution in [3.05, 3.63) is 66.2 Å². The van der Waals surface area contributed by atoms with Crippen molar-refractivity contribution in [2.24, 2.45) is 0 Å². The van der Waals surface area contributed by atoms with Crippen molar-refractivity contribution >= 4 is 22.7 Å². The second-order valence-corrected chi connectivity index (χ2v) is 12.9. The Kier molecular flexibility index (Phi) is 4.01. The SMILES string of the molecule is CN(C)P(C)(Cl)(Cc1ccccc1)c1ccccc1. The van der Waals surface area contributed by atoms with E-state index in [4.69, 9.17) is 11.2 Å². The fourth-order valence-corrected chi connectivity index (χ4v) is 5.94. The van der Waals surface area contributed by atoms with E-state index in [0.29, 0.717) is 0 Å².